The summed E-state index contributed by atoms with van der Waals surface area (Å²) in [4.78, 5) is 21.2. The Morgan fingerprint density at radius 2 is 2.19 bits per heavy atom. The predicted molar refractivity (Wildman–Crippen MR) is 56.5 cm³/mol. The van der Waals surface area contributed by atoms with E-state index in [1.165, 1.54) is 22.9 Å². The molecule has 6 nitrogen and oxygen atoms in total. The van der Waals surface area contributed by atoms with Gasteiger partial charge in [0, 0.05) is 24.7 Å². The van der Waals surface area contributed by atoms with Gasteiger partial charge in [0.2, 0.25) is 0 Å². The molecular weight excluding hydrogens is 212 g/mol. The predicted octanol–water partition coefficient (Wildman–Crippen LogP) is 1.78. The van der Waals surface area contributed by atoms with Crippen LogP contribution in [-0.2, 0) is 7.05 Å². The number of hydrogen-bond donors (Lipinski definition) is 1. The summed E-state index contributed by atoms with van der Waals surface area (Å²) < 4.78 is 1.46. The van der Waals surface area contributed by atoms with Gasteiger partial charge in [0.05, 0.1) is 10.5 Å². The molecule has 0 saturated carbocycles. The molecule has 1 aromatic heterocycles. The van der Waals surface area contributed by atoms with Gasteiger partial charge in [-0.15, -0.1) is 0 Å². The molecule has 1 aromatic carbocycles. The van der Waals surface area contributed by atoms with Crippen LogP contribution in [0.2, 0.25) is 0 Å². The van der Waals surface area contributed by atoms with Crippen LogP contribution in [0.5, 0.6) is 0 Å². The lowest BCUT2D eigenvalue weighted by molar-refractivity contribution is -0.383. The van der Waals surface area contributed by atoms with Crippen molar-refractivity contribution in [2.24, 2.45) is 7.05 Å². The Hall–Kier alpha value is -2.37. The van der Waals surface area contributed by atoms with Gasteiger partial charge < -0.3 is 9.67 Å². The maximum atomic E-state index is 10.9. The highest BCUT2D eigenvalue weighted by Gasteiger charge is 2.20. The van der Waals surface area contributed by atoms with Gasteiger partial charge in [0.1, 0.15) is 5.52 Å². The Bertz CT molecular complexity index is 600. The number of nitro groups is 1. The molecule has 0 amide bonds. The Balaban J connectivity index is 2.90. The number of non-ortho nitro benzene ring substituents is 1. The van der Waals surface area contributed by atoms with Crippen LogP contribution >= 0.6 is 0 Å². The molecule has 0 spiro atoms. The fourth-order valence-corrected chi connectivity index (χ4v) is 1.76. The molecule has 0 unspecified atom stereocenters. The van der Waals surface area contributed by atoms with E-state index in [1.807, 2.05) is 0 Å². The highest BCUT2D eigenvalue weighted by molar-refractivity contribution is 6.05. The minimum absolute atomic E-state index is 0.0706. The molecule has 0 radical (unpaired) electrons. The smallest absolute Gasteiger partial charge is 0.337 e. The molecule has 82 valence electrons. The zero-order valence-corrected chi connectivity index (χ0v) is 8.38. The molecule has 2 rings (SSSR count). The van der Waals surface area contributed by atoms with Crippen LogP contribution in [0.1, 0.15) is 10.4 Å². The first kappa shape index (κ1) is 10.2. The van der Waals surface area contributed by atoms with Gasteiger partial charge in [-0.25, -0.2) is 4.79 Å². The summed E-state index contributed by atoms with van der Waals surface area (Å²) in [6, 6.07) is 4.40. The fourth-order valence-electron chi connectivity index (χ4n) is 1.76. The van der Waals surface area contributed by atoms with Crippen molar-refractivity contribution in [1.82, 2.24) is 4.57 Å². The Labute approximate surface area is 89.9 Å². The largest absolute Gasteiger partial charge is 0.478 e. The number of aromatic nitrogens is 1. The number of carbonyl (C=O) groups is 1. The van der Waals surface area contributed by atoms with Crippen molar-refractivity contribution in [3.8, 4) is 0 Å². The topological polar surface area (TPSA) is 85.4 Å². The van der Waals surface area contributed by atoms with Gasteiger partial charge in [-0.2, -0.15) is 0 Å². The summed E-state index contributed by atoms with van der Waals surface area (Å²) in [6.07, 6.45) is 1.38. The van der Waals surface area contributed by atoms with E-state index >= 15 is 0 Å². The number of aryl methyl sites for hydroxylation is 1. The maximum absolute atomic E-state index is 10.9. The van der Waals surface area contributed by atoms with Gasteiger partial charge in [-0.1, -0.05) is 12.1 Å². The number of nitro benzene ring substituents is 1. The molecule has 16 heavy (non-hydrogen) atoms. The molecular formula is C10H8N2O4. The number of carboxylic acids is 1. The van der Waals surface area contributed by atoms with Crippen LogP contribution in [0.3, 0.4) is 0 Å². The summed E-state index contributed by atoms with van der Waals surface area (Å²) in [5.74, 6) is -1.09. The maximum Gasteiger partial charge on any atom is 0.337 e. The summed E-state index contributed by atoms with van der Waals surface area (Å²) in [6.45, 7) is 0. The van der Waals surface area contributed by atoms with E-state index in [2.05, 4.69) is 0 Å². The van der Waals surface area contributed by atoms with Gasteiger partial charge in [0.25, 0.3) is 5.69 Å². The monoisotopic (exact) mass is 220 g/mol. The zero-order chi connectivity index (χ0) is 11.9. The third kappa shape index (κ3) is 1.31. The lowest BCUT2D eigenvalue weighted by atomic mass is 10.1. The standard InChI is InChI=1S/C10H8N2O4/c1-11-5-7(10(13)14)6-3-2-4-8(9(6)11)12(15)16/h2-5H,1H3,(H,13,14). The lowest BCUT2D eigenvalue weighted by Crippen LogP contribution is -1.94. The Morgan fingerprint density at radius 1 is 1.50 bits per heavy atom. The molecule has 0 aliphatic carbocycles. The van der Waals surface area contributed by atoms with Crippen molar-refractivity contribution in [1.29, 1.82) is 0 Å². The molecule has 0 aliphatic heterocycles. The van der Waals surface area contributed by atoms with E-state index in [0.29, 0.717) is 10.9 Å². The van der Waals surface area contributed by atoms with Crippen molar-refractivity contribution in [2.45, 2.75) is 0 Å². The van der Waals surface area contributed by atoms with Crippen LogP contribution < -0.4 is 0 Å². The van der Waals surface area contributed by atoms with Crippen LogP contribution in [0.25, 0.3) is 10.9 Å². The summed E-state index contributed by atoms with van der Waals surface area (Å²) in [7, 11) is 1.59. The van der Waals surface area contributed by atoms with E-state index < -0.39 is 10.9 Å². The number of para-hydroxylation sites is 1. The third-order valence-electron chi connectivity index (χ3n) is 2.41. The summed E-state index contributed by atoms with van der Waals surface area (Å²) in [5, 5.41) is 20.1. The molecule has 0 atom stereocenters. The SMILES string of the molecule is Cn1cc(C(=O)O)c2cccc([N+](=O)[O-])c21. The molecule has 0 bridgehead atoms. The van der Waals surface area contributed by atoms with Gasteiger partial charge >= 0.3 is 5.97 Å². The summed E-state index contributed by atoms with van der Waals surface area (Å²) in [5.41, 5.74) is 0.304. The number of hydrogen-bond acceptors (Lipinski definition) is 3. The second-order valence-electron chi connectivity index (χ2n) is 3.39. The number of benzene rings is 1. The highest BCUT2D eigenvalue weighted by Crippen LogP contribution is 2.28. The highest BCUT2D eigenvalue weighted by atomic mass is 16.6. The van der Waals surface area contributed by atoms with Crippen molar-refractivity contribution < 1.29 is 14.8 Å². The van der Waals surface area contributed by atoms with E-state index in [4.69, 9.17) is 5.11 Å². The van der Waals surface area contributed by atoms with E-state index in [-0.39, 0.29) is 11.3 Å². The number of aromatic carboxylic acids is 1. The Kier molecular flexibility index (Phi) is 2.12. The van der Waals surface area contributed by atoms with E-state index in [0.717, 1.165) is 0 Å². The van der Waals surface area contributed by atoms with Crippen LogP contribution in [0.15, 0.2) is 24.4 Å². The molecule has 2 aromatic rings. The Morgan fingerprint density at radius 3 is 2.75 bits per heavy atom. The average Bonchev–Trinajstić information content (AvgIpc) is 2.56. The molecule has 0 aliphatic rings. The minimum atomic E-state index is -1.09. The van der Waals surface area contributed by atoms with Crippen LogP contribution in [0.4, 0.5) is 5.69 Å². The third-order valence-corrected chi connectivity index (χ3v) is 2.41. The molecule has 1 N–H and O–H groups in total. The normalized spacial score (nSPS) is 10.6. The first-order chi connectivity index (χ1) is 7.52. The first-order valence-corrected chi connectivity index (χ1v) is 4.48. The van der Waals surface area contributed by atoms with Crippen molar-refractivity contribution in [3.05, 3.63) is 40.1 Å². The van der Waals surface area contributed by atoms with Gasteiger partial charge in [-0.3, -0.25) is 10.1 Å². The zero-order valence-electron chi connectivity index (χ0n) is 8.38. The van der Waals surface area contributed by atoms with Crippen molar-refractivity contribution in [2.75, 3.05) is 0 Å². The van der Waals surface area contributed by atoms with Gasteiger partial charge in [-0.05, 0) is 0 Å². The quantitative estimate of drug-likeness (QED) is 0.617. The van der Waals surface area contributed by atoms with E-state index in [9.17, 15) is 14.9 Å². The molecule has 0 saturated heterocycles. The number of rotatable bonds is 2. The van der Waals surface area contributed by atoms with Crippen LogP contribution in [0, 0.1) is 10.1 Å². The minimum Gasteiger partial charge on any atom is -0.478 e. The average molecular weight is 220 g/mol. The second kappa shape index (κ2) is 3.34. The van der Waals surface area contributed by atoms with Crippen molar-refractivity contribution >= 4 is 22.6 Å². The molecule has 0 fully saturated rings. The van der Waals surface area contributed by atoms with Crippen LogP contribution in [-0.4, -0.2) is 20.6 Å². The molecule has 1 heterocycles. The first-order valence-electron chi connectivity index (χ1n) is 4.48. The van der Waals surface area contributed by atoms with Crippen molar-refractivity contribution in [3.63, 3.8) is 0 Å². The number of fused-ring (bicyclic) bond motifs is 1. The molecule has 6 heteroatoms. The van der Waals surface area contributed by atoms with Gasteiger partial charge in [0.15, 0.2) is 0 Å². The second-order valence-corrected chi connectivity index (χ2v) is 3.39. The summed E-state index contributed by atoms with van der Waals surface area (Å²) >= 11 is 0. The number of nitrogens with zero attached hydrogens (tertiary/aromatic N) is 2. The van der Waals surface area contributed by atoms with E-state index in [1.54, 1.807) is 13.1 Å². The lowest BCUT2D eigenvalue weighted by Gasteiger charge is -1.97. The fraction of sp³-hybridized carbons (Fsp3) is 0.100. The number of carboxylic acid groups (broad SMARTS) is 1.